The van der Waals surface area contributed by atoms with Gasteiger partial charge in [-0.1, -0.05) is 18.2 Å². The number of esters is 1. The molecule has 2 fully saturated rings. The molecule has 1 aromatic carbocycles. The van der Waals surface area contributed by atoms with Gasteiger partial charge in [-0.3, -0.25) is 9.59 Å². The van der Waals surface area contributed by atoms with Crippen LogP contribution in [-0.2, 0) is 9.53 Å². The monoisotopic (exact) mass is 452 g/mol. The Bertz CT molecular complexity index is 1020. The summed E-state index contributed by atoms with van der Waals surface area (Å²) < 4.78 is 4.85. The highest BCUT2D eigenvalue weighted by atomic mass is 16.5. The molecule has 176 valence electrons. The Hall–Kier alpha value is -3.29. The Balaban J connectivity index is 1.39. The lowest BCUT2D eigenvalue weighted by atomic mass is 9.95. The second-order valence-corrected chi connectivity index (χ2v) is 8.85. The molecule has 0 saturated carbocycles. The van der Waals surface area contributed by atoms with Gasteiger partial charge in [0.25, 0.3) is 5.91 Å². The molecule has 3 heterocycles. The average molecular weight is 453 g/mol. The fourth-order valence-electron chi connectivity index (χ4n) is 4.98. The SMILES string of the molecule is COC(=O)c1c(C)[nH]c(C(=O)N2CCC[C@H](C(=O)N3CCN(c4ccccc4)CC3)C2)c1C. The summed E-state index contributed by atoms with van der Waals surface area (Å²) in [4.78, 5) is 47.6. The lowest BCUT2D eigenvalue weighted by Crippen LogP contribution is -2.53. The number of piperidine rings is 1. The molecule has 8 heteroatoms. The maximum atomic E-state index is 13.3. The minimum absolute atomic E-state index is 0.134. The number of hydrogen-bond donors (Lipinski definition) is 1. The number of anilines is 1. The number of carbonyl (C=O) groups excluding carboxylic acids is 3. The minimum atomic E-state index is -0.457. The average Bonchev–Trinajstić information content (AvgIpc) is 3.17. The van der Waals surface area contributed by atoms with Gasteiger partial charge >= 0.3 is 5.97 Å². The predicted octanol–water partition coefficient (Wildman–Crippen LogP) is 2.62. The van der Waals surface area contributed by atoms with E-state index in [4.69, 9.17) is 4.74 Å². The van der Waals surface area contributed by atoms with E-state index >= 15 is 0 Å². The zero-order valence-electron chi connectivity index (χ0n) is 19.6. The van der Waals surface area contributed by atoms with Crippen molar-refractivity contribution >= 4 is 23.5 Å². The third kappa shape index (κ3) is 4.60. The standard InChI is InChI=1S/C25H32N4O4/c1-17-21(25(32)33-3)18(2)26-22(17)24(31)29-11-7-8-19(16-29)23(30)28-14-12-27(13-15-28)20-9-5-4-6-10-20/h4-6,9-10,19,26H,7-8,11-16H2,1-3H3/t19-/m0/s1. The summed E-state index contributed by atoms with van der Waals surface area (Å²) in [6.07, 6.45) is 1.58. The van der Waals surface area contributed by atoms with Crippen LogP contribution in [0.4, 0.5) is 5.69 Å². The maximum absolute atomic E-state index is 13.3. The number of para-hydroxylation sites is 1. The van der Waals surface area contributed by atoms with Crippen LogP contribution >= 0.6 is 0 Å². The zero-order valence-corrected chi connectivity index (χ0v) is 19.6. The summed E-state index contributed by atoms with van der Waals surface area (Å²) in [6.45, 7) is 7.52. The molecule has 1 aromatic heterocycles. The molecule has 0 radical (unpaired) electrons. The quantitative estimate of drug-likeness (QED) is 0.721. The van der Waals surface area contributed by atoms with Crippen molar-refractivity contribution in [1.82, 2.24) is 14.8 Å². The molecule has 0 spiro atoms. The number of rotatable bonds is 4. The number of amides is 2. The van der Waals surface area contributed by atoms with Crippen molar-refractivity contribution in [2.75, 3.05) is 51.3 Å². The van der Waals surface area contributed by atoms with Gasteiger partial charge in [0.05, 0.1) is 18.6 Å². The molecule has 1 N–H and O–H groups in total. The molecule has 2 aliphatic heterocycles. The molecule has 0 unspecified atom stereocenters. The number of ether oxygens (including phenoxy) is 1. The molecule has 2 aliphatic rings. The van der Waals surface area contributed by atoms with Crippen molar-refractivity contribution in [1.29, 1.82) is 0 Å². The number of aromatic nitrogens is 1. The van der Waals surface area contributed by atoms with Gasteiger partial charge in [0.1, 0.15) is 5.69 Å². The highest BCUT2D eigenvalue weighted by Crippen LogP contribution is 2.25. The number of H-pyrrole nitrogens is 1. The fraction of sp³-hybridized carbons (Fsp3) is 0.480. The van der Waals surface area contributed by atoms with E-state index in [0.717, 1.165) is 25.9 Å². The highest BCUT2D eigenvalue weighted by Gasteiger charge is 2.34. The molecular weight excluding hydrogens is 420 g/mol. The first kappa shape index (κ1) is 22.9. The maximum Gasteiger partial charge on any atom is 0.339 e. The number of methoxy groups -OCH3 is 1. The van der Waals surface area contributed by atoms with E-state index < -0.39 is 5.97 Å². The number of aromatic amines is 1. The topological polar surface area (TPSA) is 85.9 Å². The number of likely N-dealkylation sites (tertiary alicyclic amines) is 1. The van der Waals surface area contributed by atoms with Crippen LogP contribution in [0.15, 0.2) is 30.3 Å². The largest absolute Gasteiger partial charge is 0.465 e. The van der Waals surface area contributed by atoms with E-state index in [2.05, 4.69) is 22.0 Å². The molecule has 0 bridgehead atoms. The van der Waals surface area contributed by atoms with Gasteiger partial charge in [-0.2, -0.15) is 0 Å². The van der Waals surface area contributed by atoms with Crippen LogP contribution in [0.5, 0.6) is 0 Å². The minimum Gasteiger partial charge on any atom is -0.465 e. The molecule has 2 aromatic rings. The third-order valence-corrected chi connectivity index (χ3v) is 6.81. The Morgan fingerprint density at radius 2 is 1.67 bits per heavy atom. The second-order valence-electron chi connectivity index (χ2n) is 8.85. The van der Waals surface area contributed by atoms with E-state index in [0.29, 0.717) is 48.7 Å². The van der Waals surface area contributed by atoms with Crippen molar-refractivity contribution in [2.45, 2.75) is 26.7 Å². The van der Waals surface area contributed by atoms with Gasteiger partial charge < -0.3 is 24.4 Å². The van der Waals surface area contributed by atoms with Gasteiger partial charge in [0.15, 0.2) is 0 Å². The number of nitrogens with zero attached hydrogens (tertiary/aromatic N) is 3. The summed E-state index contributed by atoms with van der Waals surface area (Å²) in [6, 6.07) is 10.3. The van der Waals surface area contributed by atoms with Crippen molar-refractivity contribution in [3.63, 3.8) is 0 Å². The first-order valence-corrected chi connectivity index (χ1v) is 11.6. The first-order chi connectivity index (χ1) is 15.9. The van der Waals surface area contributed by atoms with Crippen LogP contribution in [0.2, 0.25) is 0 Å². The van der Waals surface area contributed by atoms with Gasteiger partial charge in [-0.25, -0.2) is 4.79 Å². The Morgan fingerprint density at radius 1 is 0.970 bits per heavy atom. The van der Waals surface area contributed by atoms with Gasteiger partial charge in [-0.05, 0) is 44.4 Å². The highest BCUT2D eigenvalue weighted by molar-refractivity contribution is 6.00. The lowest BCUT2D eigenvalue weighted by molar-refractivity contribution is -0.137. The fourth-order valence-corrected chi connectivity index (χ4v) is 4.98. The number of benzene rings is 1. The van der Waals surface area contributed by atoms with E-state index in [1.165, 1.54) is 12.8 Å². The lowest BCUT2D eigenvalue weighted by Gasteiger charge is -2.39. The van der Waals surface area contributed by atoms with Crippen molar-refractivity contribution < 1.29 is 19.1 Å². The molecule has 1 atom stereocenters. The Kier molecular flexibility index (Phi) is 6.72. The number of carbonyl (C=O) groups is 3. The van der Waals surface area contributed by atoms with Crippen LogP contribution in [0.3, 0.4) is 0 Å². The smallest absolute Gasteiger partial charge is 0.339 e. The predicted molar refractivity (Wildman–Crippen MR) is 125 cm³/mol. The third-order valence-electron chi connectivity index (χ3n) is 6.81. The summed E-state index contributed by atoms with van der Waals surface area (Å²) in [5, 5.41) is 0. The summed E-state index contributed by atoms with van der Waals surface area (Å²) in [7, 11) is 1.33. The van der Waals surface area contributed by atoms with Crippen molar-refractivity contribution in [3.05, 3.63) is 52.8 Å². The molecule has 4 rings (SSSR count). The van der Waals surface area contributed by atoms with Crippen LogP contribution in [-0.4, -0.2) is 78.9 Å². The van der Waals surface area contributed by atoms with E-state index in [1.54, 1.807) is 18.7 Å². The van der Waals surface area contributed by atoms with Crippen molar-refractivity contribution in [3.8, 4) is 0 Å². The van der Waals surface area contributed by atoms with E-state index in [-0.39, 0.29) is 17.7 Å². The molecule has 8 nitrogen and oxygen atoms in total. The van der Waals surface area contributed by atoms with Gasteiger partial charge in [0.2, 0.25) is 5.91 Å². The van der Waals surface area contributed by atoms with Crippen molar-refractivity contribution in [2.24, 2.45) is 5.92 Å². The summed E-state index contributed by atoms with van der Waals surface area (Å²) in [5.41, 5.74) is 3.19. The number of nitrogens with one attached hydrogen (secondary N) is 1. The molecule has 2 saturated heterocycles. The Labute approximate surface area is 194 Å². The number of aryl methyl sites for hydroxylation is 1. The van der Waals surface area contributed by atoms with Gasteiger partial charge in [-0.15, -0.1) is 0 Å². The molecule has 0 aliphatic carbocycles. The van der Waals surface area contributed by atoms with Crippen LogP contribution in [0, 0.1) is 19.8 Å². The van der Waals surface area contributed by atoms with E-state index in [1.807, 2.05) is 23.1 Å². The second kappa shape index (κ2) is 9.68. The van der Waals surface area contributed by atoms with Crippen LogP contribution in [0.1, 0.15) is 44.9 Å². The molecule has 2 amide bonds. The normalized spacial score (nSPS) is 18.9. The summed E-state index contributed by atoms with van der Waals surface area (Å²) in [5.74, 6) is -0.684. The van der Waals surface area contributed by atoms with Gasteiger partial charge in [0, 0.05) is 50.6 Å². The van der Waals surface area contributed by atoms with E-state index in [9.17, 15) is 14.4 Å². The number of hydrogen-bond acceptors (Lipinski definition) is 5. The Morgan fingerprint density at radius 3 is 2.33 bits per heavy atom. The van der Waals surface area contributed by atoms with Crippen LogP contribution < -0.4 is 4.90 Å². The van der Waals surface area contributed by atoms with Crippen LogP contribution in [0.25, 0.3) is 0 Å². The molecule has 33 heavy (non-hydrogen) atoms. The molecular formula is C25H32N4O4. The summed E-state index contributed by atoms with van der Waals surface area (Å²) >= 11 is 0. The zero-order chi connectivity index (χ0) is 23.5. The first-order valence-electron chi connectivity index (χ1n) is 11.6. The number of piperazine rings is 1.